The van der Waals surface area contributed by atoms with Crippen LogP contribution in [0.15, 0.2) is 59.2 Å². The summed E-state index contributed by atoms with van der Waals surface area (Å²) in [6.07, 6.45) is 1.78. The van der Waals surface area contributed by atoms with Crippen LogP contribution in [0, 0.1) is 0 Å². The second-order valence-electron chi connectivity index (χ2n) is 4.54. The first kappa shape index (κ1) is 13.0. The van der Waals surface area contributed by atoms with Crippen molar-refractivity contribution in [3.8, 4) is 11.1 Å². The Labute approximate surface area is 118 Å². The molecule has 0 saturated heterocycles. The number of para-hydroxylation sites is 1. The molecular formula is C16H15BO3. The number of benzene rings is 2. The Balaban J connectivity index is 2.17. The average Bonchev–Trinajstić information content (AvgIpc) is 2.94. The molecule has 0 fully saturated rings. The van der Waals surface area contributed by atoms with E-state index in [0.717, 1.165) is 27.6 Å². The van der Waals surface area contributed by atoms with Gasteiger partial charge in [-0.05, 0) is 5.56 Å². The molecule has 100 valence electrons. The summed E-state index contributed by atoms with van der Waals surface area (Å²) in [4.78, 5) is 0. The van der Waals surface area contributed by atoms with Crippen LogP contribution >= 0.6 is 0 Å². The molecule has 0 N–H and O–H groups in total. The van der Waals surface area contributed by atoms with E-state index >= 15 is 0 Å². The number of rotatable bonds is 4. The van der Waals surface area contributed by atoms with Gasteiger partial charge in [0.1, 0.15) is 5.58 Å². The van der Waals surface area contributed by atoms with Crippen LogP contribution in [0.3, 0.4) is 0 Å². The first-order valence-electron chi connectivity index (χ1n) is 6.46. The van der Waals surface area contributed by atoms with Crippen molar-refractivity contribution < 1.29 is 13.7 Å². The summed E-state index contributed by atoms with van der Waals surface area (Å²) >= 11 is 0. The molecule has 0 amide bonds. The first-order chi connectivity index (χ1) is 9.85. The Hall–Kier alpha value is -2.04. The molecule has 3 rings (SSSR count). The standard InChI is InChI=1S/C16H15BO3/c1-18-17(19-2)15-10-6-9-13-14(11-20-16(13)15)12-7-4-3-5-8-12/h3-11H,1-2H3. The zero-order valence-electron chi connectivity index (χ0n) is 11.5. The van der Waals surface area contributed by atoms with Gasteiger partial charge in [0.15, 0.2) is 0 Å². The zero-order valence-corrected chi connectivity index (χ0v) is 11.5. The van der Waals surface area contributed by atoms with Crippen molar-refractivity contribution in [2.24, 2.45) is 0 Å². The number of hydrogen-bond donors (Lipinski definition) is 0. The number of furan rings is 1. The molecule has 4 heteroatoms. The lowest BCUT2D eigenvalue weighted by Gasteiger charge is -2.08. The van der Waals surface area contributed by atoms with E-state index in [1.807, 2.05) is 36.4 Å². The van der Waals surface area contributed by atoms with Crippen molar-refractivity contribution in [3.05, 3.63) is 54.8 Å². The van der Waals surface area contributed by atoms with Crippen molar-refractivity contribution in [1.29, 1.82) is 0 Å². The molecule has 0 aliphatic rings. The van der Waals surface area contributed by atoms with Crippen LogP contribution < -0.4 is 5.46 Å². The molecular weight excluding hydrogens is 251 g/mol. The van der Waals surface area contributed by atoms with Gasteiger partial charge in [0.05, 0.1) is 6.26 Å². The number of hydrogen-bond acceptors (Lipinski definition) is 3. The summed E-state index contributed by atoms with van der Waals surface area (Å²) in [5.74, 6) is 0. The second kappa shape index (κ2) is 5.53. The Bertz CT molecular complexity index is 702. The predicted octanol–water partition coefficient (Wildman–Crippen LogP) is 3.09. The molecule has 0 radical (unpaired) electrons. The Kier molecular flexibility index (Phi) is 3.59. The van der Waals surface area contributed by atoms with Crippen LogP contribution in [0.5, 0.6) is 0 Å². The highest BCUT2D eigenvalue weighted by Crippen LogP contribution is 2.29. The Morgan fingerprint density at radius 2 is 1.65 bits per heavy atom. The smallest absolute Gasteiger partial charge is 0.464 e. The molecule has 0 atom stereocenters. The normalized spacial score (nSPS) is 10.9. The minimum atomic E-state index is -0.423. The summed E-state index contributed by atoms with van der Waals surface area (Å²) < 4.78 is 16.4. The predicted molar refractivity (Wildman–Crippen MR) is 81.1 cm³/mol. The van der Waals surface area contributed by atoms with Gasteiger partial charge >= 0.3 is 7.12 Å². The maximum absolute atomic E-state index is 5.76. The second-order valence-corrected chi connectivity index (χ2v) is 4.54. The van der Waals surface area contributed by atoms with E-state index in [4.69, 9.17) is 13.7 Å². The Morgan fingerprint density at radius 1 is 0.900 bits per heavy atom. The molecule has 0 bridgehead atoms. The van der Waals surface area contributed by atoms with Gasteiger partial charge in [0.2, 0.25) is 0 Å². The third-order valence-electron chi connectivity index (χ3n) is 3.40. The lowest BCUT2D eigenvalue weighted by Crippen LogP contribution is -2.35. The molecule has 3 aromatic rings. The summed E-state index contributed by atoms with van der Waals surface area (Å²) in [5, 5.41) is 1.06. The van der Waals surface area contributed by atoms with Crippen molar-refractivity contribution >= 4 is 23.6 Å². The van der Waals surface area contributed by atoms with Crippen LogP contribution in [0.1, 0.15) is 0 Å². The van der Waals surface area contributed by atoms with Gasteiger partial charge in [0, 0.05) is 30.6 Å². The van der Waals surface area contributed by atoms with Crippen LogP contribution in [0.4, 0.5) is 0 Å². The van der Waals surface area contributed by atoms with Crippen LogP contribution in [-0.2, 0) is 9.31 Å². The van der Waals surface area contributed by atoms with Gasteiger partial charge in [0.25, 0.3) is 0 Å². The number of fused-ring (bicyclic) bond motifs is 1. The highest BCUT2D eigenvalue weighted by atomic mass is 16.6. The largest absolute Gasteiger partial charge is 0.497 e. The summed E-state index contributed by atoms with van der Waals surface area (Å²) in [6, 6.07) is 16.2. The lowest BCUT2D eigenvalue weighted by atomic mass is 9.78. The van der Waals surface area contributed by atoms with Crippen LogP contribution in [0.2, 0.25) is 0 Å². The quantitative estimate of drug-likeness (QED) is 0.680. The molecule has 3 nitrogen and oxygen atoms in total. The maximum atomic E-state index is 5.76. The molecule has 0 saturated carbocycles. The third kappa shape index (κ3) is 2.13. The molecule has 0 unspecified atom stereocenters. The van der Waals surface area contributed by atoms with E-state index in [2.05, 4.69) is 12.1 Å². The maximum Gasteiger partial charge on any atom is 0.497 e. The fraction of sp³-hybridized carbons (Fsp3) is 0.125. The summed E-state index contributed by atoms with van der Waals surface area (Å²) in [5.41, 5.74) is 3.91. The third-order valence-corrected chi connectivity index (χ3v) is 3.40. The van der Waals surface area contributed by atoms with Gasteiger partial charge in [-0.25, -0.2) is 0 Å². The lowest BCUT2D eigenvalue weighted by molar-refractivity contribution is 0.292. The van der Waals surface area contributed by atoms with E-state index in [0.29, 0.717) is 0 Å². The topological polar surface area (TPSA) is 31.6 Å². The van der Waals surface area contributed by atoms with Gasteiger partial charge in [-0.2, -0.15) is 0 Å². The van der Waals surface area contributed by atoms with Gasteiger partial charge in [-0.1, -0.05) is 48.5 Å². The summed E-state index contributed by atoms with van der Waals surface area (Å²) in [7, 11) is 2.82. The van der Waals surface area contributed by atoms with Crippen molar-refractivity contribution in [2.75, 3.05) is 14.2 Å². The molecule has 1 aromatic heterocycles. The van der Waals surface area contributed by atoms with E-state index in [1.165, 1.54) is 0 Å². The first-order valence-corrected chi connectivity index (χ1v) is 6.46. The molecule has 20 heavy (non-hydrogen) atoms. The zero-order chi connectivity index (χ0) is 13.9. The average molecular weight is 266 g/mol. The van der Waals surface area contributed by atoms with Crippen LogP contribution in [-0.4, -0.2) is 21.3 Å². The van der Waals surface area contributed by atoms with Gasteiger partial charge in [-0.15, -0.1) is 0 Å². The van der Waals surface area contributed by atoms with E-state index in [9.17, 15) is 0 Å². The molecule has 2 aromatic carbocycles. The molecule has 0 aliphatic heterocycles. The highest BCUT2D eigenvalue weighted by molar-refractivity contribution is 6.64. The molecule has 0 spiro atoms. The highest BCUT2D eigenvalue weighted by Gasteiger charge is 2.23. The van der Waals surface area contributed by atoms with Crippen molar-refractivity contribution in [1.82, 2.24) is 0 Å². The molecule has 0 aliphatic carbocycles. The van der Waals surface area contributed by atoms with Crippen molar-refractivity contribution in [2.45, 2.75) is 0 Å². The SMILES string of the molecule is COB(OC)c1cccc2c(-c3ccccc3)coc12. The Morgan fingerprint density at radius 3 is 2.35 bits per heavy atom. The minimum absolute atomic E-state index is 0.423. The van der Waals surface area contributed by atoms with Crippen molar-refractivity contribution in [3.63, 3.8) is 0 Å². The summed E-state index contributed by atoms with van der Waals surface area (Å²) in [6.45, 7) is 0. The monoisotopic (exact) mass is 266 g/mol. The van der Waals surface area contributed by atoms with E-state index in [-0.39, 0.29) is 0 Å². The van der Waals surface area contributed by atoms with Gasteiger partial charge < -0.3 is 13.7 Å². The fourth-order valence-electron chi connectivity index (χ4n) is 2.46. The van der Waals surface area contributed by atoms with Crippen LogP contribution in [0.25, 0.3) is 22.1 Å². The fourth-order valence-corrected chi connectivity index (χ4v) is 2.46. The molecule has 1 heterocycles. The minimum Gasteiger partial charge on any atom is -0.464 e. The van der Waals surface area contributed by atoms with Gasteiger partial charge in [-0.3, -0.25) is 0 Å². The van der Waals surface area contributed by atoms with E-state index in [1.54, 1.807) is 20.5 Å². The van der Waals surface area contributed by atoms with E-state index < -0.39 is 7.12 Å².